The number of carbonyl (C=O) groups is 1. The molecule has 1 atom stereocenters. The number of amides is 1. The molecule has 1 fully saturated rings. The van der Waals surface area contributed by atoms with Gasteiger partial charge in [-0.05, 0) is 37.3 Å². The molecule has 0 spiro atoms. The number of fused-ring (bicyclic) bond motifs is 1. The smallest absolute Gasteiger partial charge is 0.258 e. The summed E-state index contributed by atoms with van der Waals surface area (Å²) < 4.78 is 5.56. The second-order valence-electron chi connectivity index (χ2n) is 5.01. The quantitative estimate of drug-likeness (QED) is 0.843. The van der Waals surface area contributed by atoms with Crippen molar-refractivity contribution in [1.82, 2.24) is 5.32 Å². The van der Waals surface area contributed by atoms with Crippen LogP contribution in [0.2, 0.25) is 0 Å². The molecule has 0 aliphatic heterocycles. The van der Waals surface area contributed by atoms with Crippen LogP contribution in [0.4, 0.5) is 0 Å². The average molecular weight is 247 g/mol. The molecule has 3 rings (SSSR count). The van der Waals surface area contributed by atoms with Crippen molar-refractivity contribution < 1.29 is 14.6 Å². The van der Waals surface area contributed by atoms with Gasteiger partial charge in [0.1, 0.15) is 5.75 Å². The van der Waals surface area contributed by atoms with E-state index in [-0.39, 0.29) is 18.6 Å². The van der Waals surface area contributed by atoms with Crippen LogP contribution < -0.4 is 10.1 Å². The lowest BCUT2D eigenvalue weighted by Gasteiger charge is -2.11. The third-order valence-corrected chi connectivity index (χ3v) is 3.50. The first-order valence-corrected chi connectivity index (χ1v) is 6.46. The highest BCUT2D eigenvalue weighted by atomic mass is 16.5. The normalized spacial score (nSPS) is 21.5. The summed E-state index contributed by atoms with van der Waals surface area (Å²) in [4.78, 5) is 11.5. The van der Waals surface area contributed by atoms with E-state index in [2.05, 4.69) is 5.32 Å². The molecule has 2 N–H and O–H groups in total. The third kappa shape index (κ3) is 2.34. The number of nitrogens with one attached hydrogen (secondary N) is 1. The van der Waals surface area contributed by atoms with E-state index in [1.807, 2.05) is 18.2 Å². The molecule has 0 radical (unpaired) electrons. The maximum atomic E-state index is 11.5. The van der Waals surface area contributed by atoms with Crippen LogP contribution in [0.5, 0.6) is 5.75 Å². The molecule has 0 aromatic heterocycles. The molecule has 0 heterocycles. The monoisotopic (exact) mass is 247 g/mol. The number of ether oxygens (including phenoxy) is 1. The second-order valence-corrected chi connectivity index (χ2v) is 5.01. The Morgan fingerprint density at radius 1 is 1.39 bits per heavy atom. The van der Waals surface area contributed by atoms with E-state index in [0.29, 0.717) is 6.04 Å². The number of hydrogen-bond donors (Lipinski definition) is 2. The highest BCUT2D eigenvalue weighted by molar-refractivity contribution is 5.78. The van der Waals surface area contributed by atoms with Gasteiger partial charge in [0.05, 0.1) is 6.10 Å². The van der Waals surface area contributed by atoms with Crippen molar-refractivity contribution >= 4 is 5.91 Å². The predicted molar refractivity (Wildman–Crippen MR) is 66.4 cm³/mol. The van der Waals surface area contributed by atoms with Crippen molar-refractivity contribution in [2.45, 2.75) is 37.8 Å². The van der Waals surface area contributed by atoms with Gasteiger partial charge in [-0.15, -0.1) is 0 Å². The predicted octanol–water partition coefficient (Wildman–Crippen LogP) is 1.32. The highest BCUT2D eigenvalue weighted by Crippen LogP contribution is 2.36. The van der Waals surface area contributed by atoms with E-state index in [4.69, 9.17) is 4.74 Å². The fourth-order valence-electron chi connectivity index (χ4n) is 2.37. The lowest BCUT2D eigenvalue weighted by Crippen LogP contribution is -2.30. The van der Waals surface area contributed by atoms with Gasteiger partial charge in [-0.25, -0.2) is 0 Å². The number of benzene rings is 1. The topological polar surface area (TPSA) is 58.6 Å². The standard InChI is InChI=1S/C14H17NO3/c16-12-7-6-11-10(12)2-1-3-13(11)18-8-14(17)15-9-4-5-9/h1-3,9,12,16H,4-8H2,(H,15,17). The van der Waals surface area contributed by atoms with E-state index >= 15 is 0 Å². The Kier molecular flexibility index (Phi) is 2.96. The van der Waals surface area contributed by atoms with E-state index < -0.39 is 0 Å². The zero-order chi connectivity index (χ0) is 12.5. The van der Waals surface area contributed by atoms with Crippen LogP contribution in [0.3, 0.4) is 0 Å². The van der Waals surface area contributed by atoms with Gasteiger partial charge in [0, 0.05) is 11.6 Å². The van der Waals surface area contributed by atoms with Gasteiger partial charge in [-0.3, -0.25) is 4.79 Å². The van der Waals surface area contributed by atoms with Crippen LogP contribution in [0.15, 0.2) is 18.2 Å². The SMILES string of the molecule is O=C(COc1cccc2c1CCC2O)NC1CC1. The summed E-state index contributed by atoms with van der Waals surface area (Å²) in [6.45, 7) is 0.0586. The maximum Gasteiger partial charge on any atom is 0.258 e. The molecule has 4 heteroatoms. The van der Waals surface area contributed by atoms with Crippen molar-refractivity contribution in [3.05, 3.63) is 29.3 Å². The summed E-state index contributed by atoms with van der Waals surface area (Å²) in [7, 11) is 0. The van der Waals surface area contributed by atoms with Gasteiger partial charge < -0.3 is 15.2 Å². The highest BCUT2D eigenvalue weighted by Gasteiger charge is 2.25. The van der Waals surface area contributed by atoms with Crippen molar-refractivity contribution in [3.8, 4) is 5.75 Å². The first-order valence-electron chi connectivity index (χ1n) is 6.46. The third-order valence-electron chi connectivity index (χ3n) is 3.50. The van der Waals surface area contributed by atoms with Crippen LogP contribution in [0.25, 0.3) is 0 Å². The van der Waals surface area contributed by atoms with E-state index in [1.165, 1.54) is 0 Å². The first-order chi connectivity index (χ1) is 8.74. The number of aliphatic hydroxyl groups excluding tert-OH is 1. The number of rotatable bonds is 4. The van der Waals surface area contributed by atoms with E-state index in [1.54, 1.807) is 0 Å². The van der Waals surface area contributed by atoms with Crippen LogP contribution in [-0.4, -0.2) is 23.7 Å². The summed E-state index contributed by atoms with van der Waals surface area (Å²) in [5.41, 5.74) is 1.99. The van der Waals surface area contributed by atoms with Crippen LogP contribution in [0, 0.1) is 0 Å². The molecule has 96 valence electrons. The number of carbonyl (C=O) groups excluding carboxylic acids is 1. The summed E-state index contributed by atoms with van der Waals surface area (Å²) in [5.74, 6) is 0.670. The molecule has 0 saturated heterocycles. The van der Waals surface area contributed by atoms with Crippen LogP contribution in [-0.2, 0) is 11.2 Å². The minimum absolute atomic E-state index is 0.0586. The molecule has 2 aliphatic rings. The van der Waals surface area contributed by atoms with Gasteiger partial charge in [0.15, 0.2) is 6.61 Å². The number of aliphatic hydroxyl groups is 1. The van der Waals surface area contributed by atoms with Gasteiger partial charge in [-0.1, -0.05) is 12.1 Å². The average Bonchev–Trinajstić information content (AvgIpc) is 3.10. The zero-order valence-corrected chi connectivity index (χ0v) is 10.2. The molecule has 2 aliphatic carbocycles. The lowest BCUT2D eigenvalue weighted by molar-refractivity contribution is -0.123. The molecule has 1 amide bonds. The van der Waals surface area contributed by atoms with Crippen molar-refractivity contribution in [2.24, 2.45) is 0 Å². The number of hydrogen-bond acceptors (Lipinski definition) is 3. The minimum atomic E-state index is -0.385. The summed E-state index contributed by atoms with van der Waals surface area (Å²) >= 11 is 0. The largest absolute Gasteiger partial charge is 0.483 e. The molecule has 1 aromatic carbocycles. The van der Waals surface area contributed by atoms with Crippen molar-refractivity contribution in [1.29, 1.82) is 0 Å². The molecule has 1 unspecified atom stereocenters. The van der Waals surface area contributed by atoms with Gasteiger partial charge >= 0.3 is 0 Å². The fourth-order valence-corrected chi connectivity index (χ4v) is 2.37. The molecular weight excluding hydrogens is 230 g/mol. The maximum absolute atomic E-state index is 11.5. The van der Waals surface area contributed by atoms with E-state index in [0.717, 1.165) is 42.6 Å². The Bertz CT molecular complexity index is 468. The van der Waals surface area contributed by atoms with Crippen molar-refractivity contribution in [2.75, 3.05) is 6.61 Å². The lowest BCUT2D eigenvalue weighted by atomic mass is 10.1. The Morgan fingerprint density at radius 2 is 2.22 bits per heavy atom. The Labute approximate surface area is 106 Å². The van der Waals surface area contributed by atoms with Gasteiger partial charge in [0.2, 0.25) is 0 Å². The Morgan fingerprint density at radius 3 is 3.00 bits per heavy atom. The van der Waals surface area contributed by atoms with Crippen molar-refractivity contribution in [3.63, 3.8) is 0 Å². The first kappa shape index (κ1) is 11.5. The molecule has 4 nitrogen and oxygen atoms in total. The summed E-state index contributed by atoms with van der Waals surface area (Å²) in [5, 5.41) is 12.7. The molecule has 18 heavy (non-hydrogen) atoms. The molecular formula is C14H17NO3. The van der Waals surface area contributed by atoms with E-state index in [9.17, 15) is 9.90 Å². The van der Waals surface area contributed by atoms with Crippen LogP contribution >= 0.6 is 0 Å². The summed E-state index contributed by atoms with van der Waals surface area (Å²) in [6.07, 6.45) is 3.34. The molecule has 0 bridgehead atoms. The Balaban J connectivity index is 1.64. The van der Waals surface area contributed by atoms with Crippen LogP contribution in [0.1, 0.15) is 36.5 Å². The zero-order valence-electron chi connectivity index (χ0n) is 10.2. The molecule has 1 aromatic rings. The van der Waals surface area contributed by atoms with Gasteiger partial charge in [-0.2, -0.15) is 0 Å². The fraction of sp³-hybridized carbons (Fsp3) is 0.500. The van der Waals surface area contributed by atoms with Gasteiger partial charge in [0.25, 0.3) is 5.91 Å². The second kappa shape index (κ2) is 4.61. The minimum Gasteiger partial charge on any atom is -0.483 e. The summed E-state index contributed by atoms with van der Waals surface area (Å²) in [6, 6.07) is 6.01. The molecule has 1 saturated carbocycles. The Hall–Kier alpha value is -1.55.